The van der Waals surface area contributed by atoms with Crippen molar-refractivity contribution in [1.29, 1.82) is 0 Å². The summed E-state index contributed by atoms with van der Waals surface area (Å²) in [5.41, 5.74) is -0.0672. The van der Waals surface area contributed by atoms with Crippen molar-refractivity contribution >= 4 is 6.21 Å². The number of hydrazone groups is 1. The van der Waals surface area contributed by atoms with Crippen molar-refractivity contribution in [3.63, 3.8) is 0 Å². The van der Waals surface area contributed by atoms with Gasteiger partial charge < -0.3 is 0 Å². The zero-order valence-corrected chi connectivity index (χ0v) is 10.7. The van der Waals surface area contributed by atoms with Crippen LogP contribution in [-0.4, -0.2) is 23.3 Å². The van der Waals surface area contributed by atoms with Gasteiger partial charge in [-0.3, -0.25) is 5.01 Å². The number of piperidine rings is 1. The fraction of sp³-hybridized carbons (Fsp3) is 0.500. The molecule has 1 saturated heterocycles. The van der Waals surface area contributed by atoms with E-state index in [2.05, 4.69) is 18.9 Å². The first-order chi connectivity index (χ1) is 8.59. The van der Waals surface area contributed by atoms with Crippen LogP contribution in [0.5, 0.6) is 0 Å². The lowest BCUT2D eigenvalue weighted by Crippen LogP contribution is -2.39. The first-order valence-corrected chi connectivity index (χ1v) is 6.36. The highest BCUT2D eigenvalue weighted by Crippen LogP contribution is 2.22. The molecule has 4 heteroatoms. The molecule has 2 atom stereocenters. The highest BCUT2D eigenvalue weighted by molar-refractivity contribution is 5.80. The normalized spacial score (nSPS) is 24.8. The number of hydrogen-bond donors (Lipinski definition) is 0. The average molecular weight is 252 g/mol. The predicted octanol–water partition coefficient (Wildman–Crippen LogP) is 3.56. The van der Waals surface area contributed by atoms with E-state index in [4.69, 9.17) is 0 Å². The van der Waals surface area contributed by atoms with Gasteiger partial charge in [0.1, 0.15) is 11.6 Å². The highest BCUT2D eigenvalue weighted by Gasteiger charge is 2.22. The van der Waals surface area contributed by atoms with Crippen molar-refractivity contribution in [3.8, 4) is 0 Å². The monoisotopic (exact) mass is 252 g/mol. The number of nitrogens with zero attached hydrogens (tertiary/aromatic N) is 2. The van der Waals surface area contributed by atoms with E-state index in [1.807, 2.05) is 5.01 Å². The maximum Gasteiger partial charge on any atom is 0.134 e. The van der Waals surface area contributed by atoms with E-state index >= 15 is 0 Å². The Bertz CT molecular complexity index is 415. The Labute approximate surface area is 106 Å². The van der Waals surface area contributed by atoms with Crippen molar-refractivity contribution in [3.05, 3.63) is 35.4 Å². The van der Waals surface area contributed by atoms with Gasteiger partial charge in [0.25, 0.3) is 0 Å². The van der Waals surface area contributed by atoms with Crippen LogP contribution in [0, 0.1) is 11.6 Å². The topological polar surface area (TPSA) is 15.6 Å². The highest BCUT2D eigenvalue weighted by atomic mass is 19.1. The molecule has 1 aliphatic heterocycles. The second-order valence-corrected chi connectivity index (χ2v) is 4.89. The van der Waals surface area contributed by atoms with Crippen LogP contribution in [0.25, 0.3) is 0 Å². The lowest BCUT2D eigenvalue weighted by Gasteiger charge is -2.36. The molecule has 1 fully saturated rings. The SMILES string of the molecule is CC1CCCC(C)N1N=Cc1c(F)cccc1F. The van der Waals surface area contributed by atoms with Crippen LogP contribution >= 0.6 is 0 Å². The summed E-state index contributed by atoms with van der Waals surface area (Å²) in [4.78, 5) is 0. The van der Waals surface area contributed by atoms with Crippen LogP contribution in [0.4, 0.5) is 8.78 Å². The van der Waals surface area contributed by atoms with E-state index in [9.17, 15) is 8.78 Å². The van der Waals surface area contributed by atoms with Gasteiger partial charge in [0, 0.05) is 12.1 Å². The molecule has 0 aromatic heterocycles. The van der Waals surface area contributed by atoms with Crippen LogP contribution in [-0.2, 0) is 0 Å². The van der Waals surface area contributed by atoms with Gasteiger partial charge in [0.05, 0.1) is 11.8 Å². The van der Waals surface area contributed by atoms with Gasteiger partial charge in [-0.25, -0.2) is 8.78 Å². The molecule has 0 spiro atoms. The first-order valence-electron chi connectivity index (χ1n) is 6.36. The Morgan fingerprint density at radius 1 is 1.17 bits per heavy atom. The quantitative estimate of drug-likeness (QED) is 0.735. The standard InChI is InChI=1S/C14H18F2N2/c1-10-5-3-6-11(2)18(10)17-9-12-13(15)7-4-8-14(12)16/h4,7-11H,3,5-6H2,1-2H3. The van der Waals surface area contributed by atoms with Gasteiger partial charge in [-0.1, -0.05) is 6.07 Å². The third-order valence-corrected chi connectivity index (χ3v) is 3.47. The molecular formula is C14H18F2N2. The zero-order valence-electron chi connectivity index (χ0n) is 10.7. The largest absolute Gasteiger partial charge is 0.292 e. The van der Waals surface area contributed by atoms with E-state index in [1.54, 1.807) is 0 Å². The molecule has 0 amide bonds. The third kappa shape index (κ3) is 2.68. The Hall–Kier alpha value is -1.45. The molecule has 0 saturated carbocycles. The van der Waals surface area contributed by atoms with Gasteiger partial charge in [0.15, 0.2) is 0 Å². The van der Waals surface area contributed by atoms with Crippen molar-refractivity contribution < 1.29 is 8.78 Å². The molecule has 98 valence electrons. The smallest absolute Gasteiger partial charge is 0.134 e. The summed E-state index contributed by atoms with van der Waals surface area (Å²) in [6.07, 6.45) is 4.62. The van der Waals surface area contributed by atoms with Gasteiger partial charge >= 0.3 is 0 Å². The van der Waals surface area contributed by atoms with E-state index in [0.717, 1.165) is 12.8 Å². The molecule has 1 aromatic carbocycles. The van der Waals surface area contributed by atoms with E-state index in [-0.39, 0.29) is 5.56 Å². The average Bonchev–Trinajstić information content (AvgIpc) is 2.31. The number of benzene rings is 1. The summed E-state index contributed by atoms with van der Waals surface area (Å²) in [6, 6.07) is 4.48. The summed E-state index contributed by atoms with van der Waals surface area (Å²) in [5.74, 6) is -1.15. The maximum atomic E-state index is 13.4. The van der Waals surface area contributed by atoms with E-state index in [1.165, 1.54) is 30.8 Å². The Morgan fingerprint density at radius 2 is 1.72 bits per heavy atom. The molecule has 18 heavy (non-hydrogen) atoms. The number of halogens is 2. The minimum absolute atomic E-state index is 0.0672. The summed E-state index contributed by atoms with van der Waals surface area (Å²) >= 11 is 0. The second kappa shape index (κ2) is 5.46. The number of rotatable bonds is 2. The van der Waals surface area contributed by atoms with Crippen molar-refractivity contribution in [2.75, 3.05) is 0 Å². The van der Waals surface area contributed by atoms with Crippen LogP contribution in [0.1, 0.15) is 38.7 Å². The molecule has 2 nitrogen and oxygen atoms in total. The lowest BCUT2D eigenvalue weighted by molar-refractivity contribution is 0.109. The minimum Gasteiger partial charge on any atom is -0.292 e. The van der Waals surface area contributed by atoms with Gasteiger partial charge in [-0.2, -0.15) is 5.10 Å². The Balaban J connectivity index is 2.19. The van der Waals surface area contributed by atoms with Gasteiger partial charge in [-0.15, -0.1) is 0 Å². The zero-order chi connectivity index (χ0) is 13.1. The summed E-state index contributed by atoms with van der Waals surface area (Å²) < 4.78 is 26.9. The third-order valence-electron chi connectivity index (χ3n) is 3.47. The second-order valence-electron chi connectivity index (χ2n) is 4.89. The molecule has 2 rings (SSSR count). The molecule has 0 N–H and O–H groups in total. The summed E-state index contributed by atoms with van der Waals surface area (Å²) in [5, 5.41) is 6.21. The molecule has 0 radical (unpaired) electrons. The fourth-order valence-electron chi connectivity index (χ4n) is 2.39. The van der Waals surface area contributed by atoms with Crippen LogP contribution in [0.3, 0.4) is 0 Å². The van der Waals surface area contributed by atoms with Crippen molar-refractivity contribution in [2.45, 2.75) is 45.2 Å². The van der Waals surface area contributed by atoms with Crippen LogP contribution < -0.4 is 0 Å². The summed E-state index contributed by atoms with van der Waals surface area (Å²) in [6.45, 7) is 4.18. The van der Waals surface area contributed by atoms with Crippen molar-refractivity contribution in [1.82, 2.24) is 5.01 Å². The first kappa shape index (κ1) is 13.0. The molecule has 1 heterocycles. The van der Waals surface area contributed by atoms with Crippen LogP contribution in [0.2, 0.25) is 0 Å². The molecule has 1 aliphatic rings. The lowest BCUT2D eigenvalue weighted by atomic mass is 10.00. The predicted molar refractivity (Wildman–Crippen MR) is 68.6 cm³/mol. The van der Waals surface area contributed by atoms with E-state index in [0.29, 0.717) is 12.1 Å². The maximum absolute atomic E-state index is 13.4. The van der Waals surface area contributed by atoms with Crippen molar-refractivity contribution in [2.24, 2.45) is 5.10 Å². The van der Waals surface area contributed by atoms with Gasteiger partial charge in [-0.05, 0) is 45.2 Å². The molecule has 0 aliphatic carbocycles. The summed E-state index contributed by atoms with van der Waals surface area (Å²) in [7, 11) is 0. The number of hydrogen-bond acceptors (Lipinski definition) is 2. The molecular weight excluding hydrogens is 234 g/mol. The molecule has 0 bridgehead atoms. The Kier molecular flexibility index (Phi) is 3.94. The Morgan fingerprint density at radius 3 is 2.28 bits per heavy atom. The van der Waals surface area contributed by atoms with Gasteiger partial charge in [0.2, 0.25) is 0 Å². The van der Waals surface area contributed by atoms with Crippen LogP contribution in [0.15, 0.2) is 23.3 Å². The molecule has 2 unspecified atom stereocenters. The molecule has 1 aromatic rings. The van der Waals surface area contributed by atoms with E-state index < -0.39 is 11.6 Å². The fourth-order valence-corrected chi connectivity index (χ4v) is 2.39. The minimum atomic E-state index is -0.573.